The highest BCUT2D eigenvalue weighted by molar-refractivity contribution is 6.05. The zero-order valence-corrected chi connectivity index (χ0v) is 18.2. The van der Waals surface area contributed by atoms with E-state index in [1.807, 2.05) is 34.9 Å². The summed E-state index contributed by atoms with van der Waals surface area (Å²) >= 11 is 0. The van der Waals surface area contributed by atoms with Gasteiger partial charge >= 0.3 is 0 Å². The lowest BCUT2D eigenvalue weighted by molar-refractivity contribution is 0.0296. The van der Waals surface area contributed by atoms with Crippen LogP contribution in [-0.4, -0.2) is 65.7 Å². The van der Waals surface area contributed by atoms with E-state index >= 15 is 0 Å². The number of morpholine rings is 1. The number of carbonyl (C=O) groups is 2. The Morgan fingerprint density at radius 3 is 2.43 bits per heavy atom. The Hall–Kier alpha value is -2.13. The summed E-state index contributed by atoms with van der Waals surface area (Å²) in [4.78, 5) is 31.9. The van der Waals surface area contributed by atoms with Gasteiger partial charge in [-0.05, 0) is 31.5 Å². The van der Waals surface area contributed by atoms with Gasteiger partial charge in [0.15, 0.2) is 5.69 Å². The molecule has 1 aromatic carbocycles. The van der Waals surface area contributed by atoms with E-state index in [-0.39, 0.29) is 48.0 Å². The Bertz CT molecular complexity index is 863. The zero-order chi connectivity index (χ0) is 19.5. The first-order valence-corrected chi connectivity index (χ1v) is 9.72. The highest BCUT2D eigenvalue weighted by atomic mass is 35.5. The number of ether oxygens (including phenoxy) is 1. The van der Waals surface area contributed by atoms with Crippen molar-refractivity contribution in [2.45, 2.75) is 18.8 Å². The molecule has 2 saturated heterocycles. The summed E-state index contributed by atoms with van der Waals surface area (Å²) in [5, 5.41) is 3.38. The minimum absolute atomic E-state index is 0. The third-order valence-corrected chi connectivity index (χ3v) is 5.31. The molecule has 0 aliphatic carbocycles. The Labute approximate surface area is 188 Å². The van der Waals surface area contributed by atoms with Crippen LogP contribution in [0.1, 0.15) is 45.6 Å². The number of nitrogens with zero attached hydrogens (tertiary/aromatic N) is 3. The van der Waals surface area contributed by atoms with Crippen LogP contribution in [0.25, 0.3) is 5.69 Å². The molecule has 2 aliphatic heterocycles. The quantitative estimate of drug-likeness (QED) is 0.730. The standard InChI is InChI=1S/C20H25N5O3.2ClH/c21-18(26)16-17(20(27)24-9-11-28-12-10-24)25(15-6-2-1-3-7-15)19(23-16)14-5-4-8-22-13-14;;/h1-3,6-7,14,22H,4-5,8-13H2,(H2,21,26);2*1H. The summed E-state index contributed by atoms with van der Waals surface area (Å²) in [6.07, 6.45) is 1.96. The molecule has 2 amide bonds. The van der Waals surface area contributed by atoms with Crippen LogP contribution in [0.3, 0.4) is 0 Å². The van der Waals surface area contributed by atoms with Gasteiger partial charge in [-0.15, -0.1) is 24.8 Å². The van der Waals surface area contributed by atoms with E-state index in [1.54, 1.807) is 4.90 Å². The van der Waals surface area contributed by atoms with Gasteiger partial charge in [-0.2, -0.15) is 0 Å². The van der Waals surface area contributed by atoms with Gasteiger partial charge in [-0.3, -0.25) is 14.2 Å². The number of para-hydroxylation sites is 1. The first-order valence-electron chi connectivity index (χ1n) is 9.72. The molecule has 1 aromatic heterocycles. The van der Waals surface area contributed by atoms with Gasteiger partial charge in [0.25, 0.3) is 11.8 Å². The number of halogens is 2. The van der Waals surface area contributed by atoms with Crippen molar-refractivity contribution >= 4 is 36.6 Å². The van der Waals surface area contributed by atoms with Crippen LogP contribution in [0.4, 0.5) is 0 Å². The molecule has 2 fully saturated rings. The summed E-state index contributed by atoms with van der Waals surface area (Å²) in [6, 6.07) is 9.57. The summed E-state index contributed by atoms with van der Waals surface area (Å²) in [5.74, 6) is -0.0955. The van der Waals surface area contributed by atoms with Crippen molar-refractivity contribution < 1.29 is 14.3 Å². The van der Waals surface area contributed by atoms with E-state index in [0.717, 1.165) is 31.6 Å². The van der Waals surface area contributed by atoms with Crippen LogP contribution in [0, 0.1) is 0 Å². The molecule has 0 radical (unpaired) electrons. The molecule has 8 nitrogen and oxygen atoms in total. The number of nitrogens with one attached hydrogen (secondary N) is 1. The number of hydrogen-bond donors (Lipinski definition) is 2. The van der Waals surface area contributed by atoms with E-state index in [9.17, 15) is 9.59 Å². The SMILES string of the molecule is Cl.Cl.NC(=O)c1nc(C2CCCNC2)n(-c2ccccc2)c1C(=O)N1CCOCC1. The highest BCUT2D eigenvalue weighted by Gasteiger charge is 2.33. The maximum atomic E-state index is 13.4. The van der Waals surface area contributed by atoms with E-state index in [0.29, 0.717) is 32.1 Å². The normalized spacial score (nSPS) is 18.8. The molecule has 3 N–H and O–H groups in total. The maximum Gasteiger partial charge on any atom is 0.273 e. The second kappa shape index (κ2) is 10.8. The molecule has 4 rings (SSSR count). The number of benzene rings is 1. The van der Waals surface area contributed by atoms with Crippen LogP contribution >= 0.6 is 24.8 Å². The molecule has 10 heteroatoms. The molecule has 1 atom stereocenters. The van der Waals surface area contributed by atoms with Crippen LogP contribution in [0.2, 0.25) is 0 Å². The van der Waals surface area contributed by atoms with Crippen molar-refractivity contribution in [1.29, 1.82) is 0 Å². The average Bonchev–Trinajstić information content (AvgIpc) is 3.16. The van der Waals surface area contributed by atoms with Crippen molar-refractivity contribution in [3.8, 4) is 5.69 Å². The van der Waals surface area contributed by atoms with Crippen LogP contribution in [-0.2, 0) is 4.74 Å². The van der Waals surface area contributed by atoms with Gasteiger partial charge in [-0.1, -0.05) is 18.2 Å². The second-order valence-corrected chi connectivity index (χ2v) is 7.15. The Balaban J connectivity index is 0.00000160. The Kier molecular flexibility index (Phi) is 8.66. The number of rotatable bonds is 4. The predicted molar refractivity (Wildman–Crippen MR) is 118 cm³/mol. The highest BCUT2D eigenvalue weighted by Crippen LogP contribution is 2.29. The van der Waals surface area contributed by atoms with Crippen LogP contribution in [0.5, 0.6) is 0 Å². The van der Waals surface area contributed by atoms with Gasteiger partial charge < -0.3 is 20.7 Å². The van der Waals surface area contributed by atoms with Gasteiger partial charge in [-0.25, -0.2) is 4.98 Å². The molecular formula is C20H27Cl2N5O3. The summed E-state index contributed by atoms with van der Waals surface area (Å²) in [7, 11) is 0. The monoisotopic (exact) mass is 455 g/mol. The molecule has 3 heterocycles. The molecule has 0 spiro atoms. The molecule has 164 valence electrons. The molecule has 1 unspecified atom stereocenters. The minimum atomic E-state index is -0.684. The van der Waals surface area contributed by atoms with Crippen molar-refractivity contribution in [2.75, 3.05) is 39.4 Å². The average molecular weight is 456 g/mol. The smallest absolute Gasteiger partial charge is 0.273 e. The first kappa shape index (κ1) is 24.1. The number of imidazole rings is 1. The number of nitrogens with two attached hydrogens (primary N) is 1. The second-order valence-electron chi connectivity index (χ2n) is 7.15. The third-order valence-electron chi connectivity index (χ3n) is 5.31. The number of hydrogen-bond acceptors (Lipinski definition) is 5. The van der Waals surface area contributed by atoms with E-state index in [4.69, 9.17) is 10.5 Å². The van der Waals surface area contributed by atoms with Crippen molar-refractivity contribution in [1.82, 2.24) is 19.8 Å². The van der Waals surface area contributed by atoms with Gasteiger partial charge in [0.1, 0.15) is 11.5 Å². The third kappa shape index (κ3) is 4.78. The van der Waals surface area contributed by atoms with Crippen LogP contribution < -0.4 is 11.1 Å². The number of aromatic nitrogens is 2. The van der Waals surface area contributed by atoms with E-state index < -0.39 is 5.91 Å². The largest absolute Gasteiger partial charge is 0.378 e. The fourth-order valence-corrected chi connectivity index (χ4v) is 3.91. The summed E-state index contributed by atoms with van der Waals surface area (Å²) in [6.45, 7) is 3.65. The Morgan fingerprint density at radius 2 is 1.83 bits per heavy atom. The molecule has 2 aliphatic rings. The summed E-state index contributed by atoms with van der Waals surface area (Å²) in [5.41, 5.74) is 6.74. The number of piperidine rings is 1. The first-order chi connectivity index (χ1) is 13.7. The number of amides is 2. The lowest BCUT2D eigenvalue weighted by atomic mass is 9.98. The number of carbonyl (C=O) groups excluding carboxylic acids is 2. The van der Waals surface area contributed by atoms with Crippen molar-refractivity contribution in [2.24, 2.45) is 5.73 Å². The van der Waals surface area contributed by atoms with Crippen molar-refractivity contribution in [3.63, 3.8) is 0 Å². The zero-order valence-electron chi connectivity index (χ0n) is 16.6. The van der Waals surface area contributed by atoms with Crippen LogP contribution in [0.15, 0.2) is 30.3 Å². The van der Waals surface area contributed by atoms with Crippen molar-refractivity contribution in [3.05, 3.63) is 47.5 Å². The number of primary amides is 1. The maximum absolute atomic E-state index is 13.4. The fraction of sp³-hybridized carbons (Fsp3) is 0.450. The molecule has 0 saturated carbocycles. The van der Waals surface area contributed by atoms with Gasteiger partial charge in [0.05, 0.1) is 13.2 Å². The lowest BCUT2D eigenvalue weighted by Gasteiger charge is -2.28. The van der Waals surface area contributed by atoms with E-state index in [2.05, 4.69) is 10.3 Å². The van der Waals surface area contributed by atoms with Gasteiger partial charge in [0.2, 0.25) is 0 Å². The molecular weight excluding hydrogens is 429 g/mol. The minimum Gasteiger partial charge on any atom is -0.378 e. The Morgan fingerprint density at radius 1 is 1.13 bits per heavy atom. The van der Waals surface area contributed by atoms with Gasteiger partial charge in [0, 0.05) is 31.2 Å². The molecule has 2 aromatic rings. The fourth-order valence-electron chi connectivity index (χ4n) is 3.91. The van der Waals surface area contributed by atoms with E-state index in [1.165, 1.54) is 0 Å². The predicted octanol–water partition coefficient (Wildman–Crippen LogP) is 1.75. The molecule has 30 heavy (non-hydrogen) atoms. The summed E-state index contributed by atoms with van der Waals surface area (Å²) < 4.78 is 7.19. The lowest BCUT2D eigenvalue weighted by Crippen LogP contribution is -2.42. The topological polar surface area (TPSA) is 102 Å². The molecule has 0 bridgehead atoms.